The van der Waals surface area contributed by atoms with Gasteiger partial charge in [-0.2, -0.15) is 0 Å². The van der Waals surface area contributed by atoms with E-state index in [4.69, 9.17) is 9.47 Å². The fourth-order valence-corrected chi connectivity index (χ4v) is 4.28. The summed E-state index contributed by atoms with van der Waals surface area (Å²) >= 11 is 0. The van der Waals surface area contributed by atoms with Gasteiger partial charge in [-0.3, -0.25) is 9.59 Å². The van der Waals surface area contributed by atoms with Crippen molar-refractivity contribution in [3.05, 3.63) is 60.7 Å². The molecule has 0 spiro atoms. The molecule has 0 aliphatic heterocycles. The molecule has 4 heteroatoms. The average molecular weight is 336 g/mol. The molecule has 2 aliphatic rings. The molecule has 3 unspecified atom stereocenters. The number of esters is 2. The van der Waals surface area contributed by atoms with E-state index in [0.717, 1.165) is 6.42 Å². The quantitative estimate of drug-likeness (QED) is 0.625. The molecule has 2 fully saturated rings. The monoisotopic (exact) mass is 336 g/mol. The summed E-state index contributed by atoms with van der Waals surface area (Å²) in [5, 5.41) is 0. The van der Waals surface area contributed by atoms with E-state index in [0.29, 0.717) is 36.7 Å². The molecule has 3 atom stereocenters. The maximum Gasteiger partial charge on any atom is 0.318 e. The largest absolute Gasteiger partial charge is 0.426 e. The molecule has 0 amide bonds. The van der Waals surface area contributed by atoms with Gasteiger partial charge >= 0.3 is 11.9 Å². The van der Waals surface area contributed by atoms with Crippen molar-refractivity contribution in [1.29, 1.82) is 0 Å². The van der Waals surface area contributed by atoms with Crippen LogP contribution in [0.5, 0.6) is 11.5 Å². The highest BCUT2D eigenvalue weighted by Gasteiger charge is 2.61. The Labute approximate surface area is 146 Å². The zero-order chi connectivity index (χ0) is 17.3. The molecular formula is C21H20O4. The maximum absolute atomic E-state index is 12.9. The fraction of sp³-hybridized carbons (Fsp3) is 0.333. The van der Waals surface area contributed by atoms with Gasteiger partial charge in [0.1, 0.15) is 11.5 Å². The third-order valence-corrected chi connectivity index (χ3v) is 5.49. The molecule has 2 aromatic carbocycles. The van der Waals surface area contributed by atoms with Gasteiger partial charge in [0.05, 0.1) is 11.3 Å². The summed E-state index contributed by atoms with van der Waals surface area (Å²) in [5.41, 5.74) is -0.744. The minimum Gasteiger partial charge on any atom is -0.426 e. The lowest BCUT2D eigenvalue weighted by atomic mass is 9.75. The van der Waals surface area contributed by atoms with E-state index in [9.17, 15) is 9.59 Å². The summed E-state index contributed by atoms with van der Waals surface area (Å²) in [7, 11) is 0. The third-order valence-electron chi connectivity index (χ3n) is 5.49. The number of carbonyl (C=O) groups excluding carboxylic acids is 2. The predicted octanol–water partition coefficient (Wildman–Crippen LogP) is 4.00. The number of carbonyl (C=O) groups is 2. The molecule has 2 saturated carbocycles. The van der Waals surface area contributed by atoms with Gasteiger partial charge in [-0.1, -0.05) is 36.4 Å². The van der Waals surface area contributed by atoms with E-state index in [-0.39, 0.29) is 11.9 Å². The minimum atomic E-state index is -0.744. The molecule has 128 valence electrons. The minimum absolute atomic E-state index is 0.297. The van der Waals surface area contributed by atoms with Crippen LogP contribution < -0.4 is 9.47 Å². The molecule has 2 aliphatic carbocycles. The molecule has 0 heterocycles. The van der Waals surface area contributed by atoms with Gasteiger partial charge in [0.2, 0.25) is 0 Å². The molecule has 4 nitrogen and oxygen atoms in total. The number of hydrogen-bond donors (Lipinski definition) is 0. The van der Waals surface area contributed by atoms with Crippen molar-refractivity contribution in [3.63, 3.8) is 0 Å². The Morgan fingerprint density at radius 3 is 2.08 bits per heavy atom. The molecule has 0 radical (unpaired) electrons. The van der Waals surface area contributed by atoms with Crippen LogP contribution in [0.4, 0.5) is 0 Å². The summed E-state index contributed by atoms with van der Waals surface area (Å²) in [4.78, 5) is 25.7. The van der Waals surface area contributed by atoms with Crippen molar-refractivity contribution >= 4 is 11.9 Å². The highest BCUT2D eigenvalue weighted by Crippen LogP contribution is 2.58. The smallest absolute Gasteiger partial charge is 0.318 e. The Hall–Kier alpha value is -2.62. The number of fused-ring (bicyclic) bond motifs is 2. The van der Waals surface area contributed by atoms with E-state index in [2.05, 4.69) is 0 Å². The zero-order valence-electron chi connectivity index (χ0n) is 13.9. The van der Waals surface area contributed by atoms with Crippen LogP contribution in [-0.2, 0) is 9.59 Å². The van der Waals surface area contributed by atoms with Gasteiger partial charge in [-0.15, -0.1) is 0 Å². The lowest BCUT2D eigenvalue weighted by Crippen LogP contribution is -2.42. The first-order valence-electron chi connectivity index (χ1n) is 8.71. The average Bonchev–Trinajstić information content (AvgIpc) is 3.23. The van der Waals surface area contributed by atoms with Crippen LogP contribution in [0.15, 0.2) is 60.7 Å². The Kier molecular flexibility index (Phi) is 4.04. The van der Waals surface area contributed by atoms with Crippen molar-refractivity contribution in [1.82, 2.24) is 0 Å². The van der Waals surface area contributed by atoms with Gasteiger partial charge in [0.15, 0.2) is 0 Å². The SMILES string of the molecule is O=C(Oc1ccccc1)C1CC2CCC1(C(=O)Oc1ccccc1)C2. The molecule has 2 aromatic rings. The van der Waals surface area contributed by atoms with Crippen LogP contribution >= 0.6 is 0 Å². The van der Waals surface area contributed by atoms with Crippen molar-refractivity contribution in [3.8, 4) is 11.5 Å². The van der Waals surface area contributed by atoms with Gasteiger partial charge < -0.3 is 9.47 Å². The van der Waals surface area contributed by atoms with Crippen molar-refractivity contribution in [2.45, 2.75) is 25.7 Å². The first-order valence-corrected chi connectivity index (χ1v) is 8.71. The van der Waals surface area contributed by atoms with E-state index in [1.165, 1.54) is 0 Å². The standard InChI is InChI=1S/C21H20O4/c22-19(24-16-7-3-1-4-8-16)18-13-15-11-12-21(18,14-15)20(23)25-17-9-5-2-6-10-17/h1-10,15,18H,11-14H2. The number of rotatable bonds is 4. The van der Waals surface area contributed by atoms with Crippen LogP contribution in [0.2, 0.25) is 0 Å². The third kappa shape index (κ3) is 2.93. The van der Waals surface area contributed by atoms with Crippen LogP contribution in [-0.4, -0.2) is 11.9 Å². The van der Waals surface area contributed by atoms with Crippen LogP contribution in [0, 0.1) is 17.3 Å². The fourth-order valence-electron chi connectivity index (χ4n) is 4.28. The lowest BCUT2D eigenvalue weighted by molar-refractivity contribution is -0.157. The van der Waals surface area contributed by atoms with Crippen molar-refractivity contribution in [2.75, 3.05) is 0 Å². The molecule has 25 heavy (non-hydrogen) atoms. The Morgan fingerprint density at radius 1 is 0.880 bits per heavy atom. The second-order valence-electron chi connectivity index (χ2n) is 6.99. The van der Waals surface area contributed by atoms with Gasteiger partial charge in [0.25, 0.3) is 0 Å². The van der Waals surface area contributed by atoms with Gasteiger partial charge in [-0.25, -0.2) is 0 Å². The number of ether oxygens (including phenoxy) is 2. The van der Waals surface area contributed by atoms with E-state index < -0.39 is 11.3 Å². The van der Waals surface area contributed by atoms with Crippen molar-refractivity contribution in [2.24, 2.45) is 17.3 Å². The Morgan fingerprint density at radius 2 is 1.48 bits per heavy atom. The first-order chi connectivity index (χ1) is 12.2. The topological polar surface area (TPSA) is 52.6 Å². The lowest BCUT2D eigenvalue weighted by Gasteiger charge is -2.31. The predicted molar refractivity (Wildman–Crippen MR) is 92.0 cm³/mol. The summed E-state index contributed by atoms with van der Waals surface area (Å²) in [5.74, 6) is 0.390. The molecule has 2 bridgehead atoms. The molecule has 0 saturated heterocycles. The van der Waals surface area contributed by atoms with Crippen molar-refractivity contribution < 1.29 is 19.1 Å². The summed E-state index contributed by atoms with van der Waals surface area (Å²) < 4.78 is 11.1. The Bertz CT molecular complexity index is 771. The molecule has 0 N–H and O–H groups in total. The van der Waals surface area contributed by atoms with Gasteiger partial charge in [-0.05, 0) is 55.9 Å². The molecular weight excluding hydrogens is 316 g/mol. The van der Waals surface area contributed by atoms with E-state index in [1.54, 1.807) is 24.3 Å². The second-order valence-corrected chi connectivity index (χ2v) is 6.99. The van der Waals surface area contributed by atoms with E-state index in [1.807, 2.05) is 36.4 Å². The number of benzene rings is 2. The number of hydrogen-bond acceptors (Lipinski definition) is 4. The second kappa shape index (κ2) is 6.36. The highest BCUT2D eigenvalue weighted by atomic mass is 16.5. The van der Waals surface area contributed by atoms with E-state index >= 15 is 0 Å². The van der Waals surface area contributed by atoms with Crippen LogP contribution in [0.1, 0.15) is 25.7 Å². The number of para-hydroxylation sites is 2. The normalized spacial score (nSPS) is 27.0. The Balaban J connectivity index is 1.54. The molecule has 4 rings (SSSR count). The first kappa shape index (κ1) is 15.9. The summed E-state index contributed by atoms with van der Waals surface area (Å²) in [6, 6.07) is 18.1. The van der Waals surface area contributed by atoms with Gasteiger partial charge in [0, 0.05) is 0 Å². The maximum atomic E-state index is 12.9. The molecule has 0 aromatic heterocycles. The van der Waals surface area contributed by atoms with Crippen LogP contribution in [0.3, 0.4) is 0 Å². The highest BCUT2D eigenvalue weighted by molar-refractivity contribution is 5.88. The van der Waals surface area contributed by atoms with Crippen LogP contribution in [0.25, 0.3) is 0 Å². The zero-order valence-corrected chi connectivity index (χ0v) is 13.9. The summed E-state index contributed by atoms with van der Waals surface area (Å²) in [6.45, 7) is 0. The summed E-state index contributed by atoms with van der Waals surface area (Å²) in [6.07, 6.45) is 3.08.